The molecule has 0 atom stereocenters. The van der Waals surface area contributed by atoms with Crippen LogP contribution < -0.4 is 5.56 Å². The van der Waals surface area contributed by atoms with Crippen molar-refractivity contribution in [3.05, 3.63) is 86.1 Å². The number of ether oxygens (including phenoxy) is 1. The first kappa shape index (κ1) is 21.6. The molecule has 0 fully saturated rings. The van der Waals surface area contributed by atoms with Gasteiger partial charge in [0.15, 0.2) is 5.76 Å². The third kappa shape index (κ3) is 3.62. The summed E-state index contributed by atoms with van der Waals surface area (Å²) in [5, 5.41) is 11.8. The van der Waals surface area contributed by atoms with Gasteiger partial charge < -0.3 is 9.15 Å². The second kappa shape index (κ2) is 7.82. The second-order valence-electron chi connectivity index (χ2n) is 9.18. The lowest BCUT2D eigenvalue weighted by Gasteiger charge is -2.32. The summed E-state index contributed by atoms with van der Waals surface area (Å²) in [6, 6.07) is 9.86. The Kier molecular flexibility index (Phi) is 4.83. The van der Waals surface area contributed by atoms with Crippen molar-refractivity contribution in [1.82, 2.24) is 14.5 Å². The number of fused-ring (bicyclic) bond motifs is 5. The molecule has 176 valence electrons. The molecule has 5 aromatic rings. The Balaban J connectivity index is 1.52. The molecule has 0 unspecified atom stereocenters. The number of nitrogens with zero attached hydrogens (tertiary/aromatic N) is 4. The molecular formula is C25H20N4O5S. The Labute approximate surface area is 202 Å². The summed E-state index contributed by atoms with van der Waals surface area (Å²) in [7, 11) is 0. The largest absolute Gasteiger partial charge is 0.463 e. The molecule has 0 bridgehead atoms. The first-order chi connectivity index (χ1) is 16.8. The number of rotatable bonds is 4. The molecule has 0 saturated heterocycles. The van der Waals surface area contributed by atoms with Gasteiger partial charge in [0.2, 0.25) is 0 Å². The Bertz CT molecular complexity index is 1670. The second-order valence-corrected chi connectivity index (χ2v) is 10.2. The van der Waals surface area contributed by atoms with Crippen LogP contribution in [0.3, 0.4) is 0 Å². The summed E-state index contributed by atoms with van der Waals surface area (Å²) in [6.07, 6.45) is 3.81. The Hall–Kier alpha value is -3.89. The Morgan fingerprint density at radius 1 is 1.20 bits per heavy atom. The lowest BCUT2D eigenvalue weighted by molar-refractivity contribution is -0.384. The topological polar surface area (TPSA) is 113 Å². The van der Waals surface area contributed by atoms with E-state index >= 15 is 0 Å². The summed E-state index contributed by atoms with van der Waals surface area (Å²) in [6.45, 7) is 4.76. The van der Waals surface area contributed by atoms with E-state index < -0.39 is 4.92 Å². The van der Waals surface area contributed by atoms with Crippen LogP contribution in [0.1, 0.15) is 30.5 Å². The van der Waals surface area contributed by atoms with Gasteiger partial charge in [-0.15, -0.1) is 11.3 Å². The number of pyridine rings is 1. The fourth-order valence-corrected chi connectivity index (χ4v) is 5.66. The van der Waals surface area contributed by atoms with Crippen LogP contribution in [0.15, 0.2) is 58.2 Å². The van der Waals surface area contributed by atoms with Crippen LogP contribution in [0.2, 0.25) is 0 Å². The minimum Gasteiger partial charge on any atom is -0.463 e. The quantitative estimate of drug-likeness (QED) is 0.256. The summed E-state index contributed by atoms with van der Waals surface area (Å²) in [5.41, 5.74) is 3.67. The van der Waals surface area contributed by atoms with Gasteiger partial charge in [-0.3, -0.25) is 19.5 Å². The molecule has 35 heavy (non-hydrogen) atoms. The number of nitro groups is 1. The van der Waals surface area contributed by atoms with Crippen LogP contribution in [-0.4, -0.2) is 25.1 Å². The maximum absolute atomic E-state index is 13.4. The highest BCUT2D eigenvalue weighted by molar-refractivity contribution is 7.25. The van der Waals surface area contributed by atoms with Crippen LogP contribution in [0.4, 0.5) is 5.69 Å². The van der Waals surface area contributed by atoms with Gasteiger partial charge in [-0.2, -0.15) is 0 Å². The first-order valence-electron chi connectivity index (χ1n) is 11.1. The van der Waals surface area contributed by atoms with Crippen LogP contribution in [0.25, 0.3) is 31.9 Å². The van der Waals surface area contributed by atoms with Crippen LogP contribution >= 0.6 is 11.3 Å². The van der Waals surface area contributed by atoms with Crippen LogP contribution in [0.5, 0.6) is 0 Å². The highest BCUT2D eigenvalue weighted by Gasteiger charge is 2.32. The van der Waals surface area contributed by atoms with E-state index in [0.717, 1.165) is 32.6 Å². The van der Waals surface area contributed by atoms with Gasteiger partial charge in [0.05, 0.1) is 41.8 Å². The highest BCUT2D eigenvalue weighted by atomic mass is 32.1. The van der Waals surface area contributed by atoms with Crippen molar-refractivity contribution in [3.8, 4) is 11.5 Å². The molecule has 1 aliphatic heterocycles. The van der Waals surface area contributed by atoms with Gasteiger partial charge in [-0.25, -0.2) is 9.97 Å². The molecule has 0 aliphatic carbocycles. The van der Waals surface area contributed by atoms with E-state index in [0.29, 0.717) is 29.0 Å². The van der Waals surface area contributed by atoms with E-state index in [1.54, 1.807) is 18.4 Å². The SMILES string of the molecule is CC1(C)Cc2c(c(-c3ccco3)nc3sc4c(=O)n(Cc5ccc([N+](=O)[O-])cc5)cnc4c23)CO1. The average Bonchev–Trinajstić information content (AvgIpc) is 3.48. The molecule has 4 aromatic heterocycles. The fourth-order valence-electron chi connectivity index (χ4n) is 4.55. The number of thiophene rings is 1. The lowest BCUT2D eigenvalue weighted by atomic mass is 9.89. The van der Waals surface area contributed by atoms with Crippen LogP contribution in [0, 0.1) is 10.1 Å². The van der Waals surface area contributed by atoms with Crippen LogP contribution in [-0.2, 0) is 24.3 Å². The molecule has 6 rings (SSSR count). The number of furan rings is 1. The third-order valence-electron chi connectivity index (χ3n) is 6.28. The zero-order valence-corrected chi connectivity index (χ0v) is 19.8. The standard InChI is InChI=1S/C25H20N4O5S/c1-25(2)10-16-17(12-34-25)20(18-4-3-9-33-18)27-23-19(16)21-22(35-23)24(30)28(13-26-21)11-14-5-7-15(8-6-14)29(31)32/h3-9,13H,10-12H2,1-2H3. The summed E-state index contributed by atoms with van der Waals surface area (Å²) in [4.78, 5) is 34.2. The molecule has 1 aromatic carbocycles. The van der Waals surface area contributed by atoms with Crippen molar-refractivity contribution in [2.45, 2.75) is 39.0 Å². The number of aromatic nitrogens is 3. The molecule has 0 amide bonds. The summed E-state index contributed by atoms with van der Waals surface area (Å²) >= 11 is 1.33. The van der Waals surface area contributed by atoms with E-state index in [1.807, 2.05) is 26.0 Å². The lowest BCUT2D eigenvalue weighted by Crippen LogP contribution is -2.32. The summed E-state index contributed by atoms with van der Waals surface area (Å²) < 4.78 is 13.8. The van der Waals surface area contributed by atoms with E-state index in [4.69, 9.17) is 14.1 Å². The number of hydrogen-bond donors (Lipinski definition) is 0. The van der Waals surface area contributed by atoms with E-state index in [1.165, 1.54) is 34.4 Å². The van der Waals surface area contributed by atoms with Crippen molar-refractivity contribution < 1.29 is 14.1 Å². The van der Waals surface area contributed by atoms with Crippen molar-refractivity contribution in [2.24, 2.45) is 0 Å². The van der Waals surface area contributed by atoms with E-state index in [9.17, 15) is 14.9 Å². The van der Waals surface area contributed by atoms with Crippen molar-refractivity contribution >= 4 is 37.5 Å². The average molecular weight is 489 g/mol. The monoisotopic (exact) mass is 488 g/mol. The minimum atomic E-state index is -0.447. The molecule has 10 heteroatoms. The number of non-ortho nitro benzene ring substituents is 1. The first-order valence-corrected chi connectivity index (χ1v) is 11.9. The van der Waals surface area contributed by atoms with E-state index in [-0.39, 0.29) is 23.4 Å². The molecule has 5 heterocycles. The van der Waals surface area contributed by atoms with Gasteiger partial charge in [-0.05, 0) is 37.1 Å². The number of nitro benzene ring substituents is 1. The van der Waals surface area contributed by atoms with Crippen molar-refractivity contribution in [3.63, 3.8) is 0 Å². The molecule has 0 saturated carbocycles. The molecule has 0 spiro atoms. The van der Waals surface area contributed by atoms with Crippen molar-refractivity contribution in [1.29, 1.82) is 0 Å². The molecular weight excluding hydrogens is 468 g/mol. The molecule has 9 nitrogen and oxygen atoms in total. The van der Waals surface area contributed by atoms with Gasteiger partial charge >= 0.3 is 0 Å². The third-order valence-corrected chi connectivity index (χ3v) is 7.34. The molecule has 0 N–H and O–H groups in total. The fraction of sp³-hybridized carbons (Fsp3) is 0.240. The highest BCUT2D eigenvalue weighted by Crippen LogP contribution is 2.42. The summed E-state index contributed by atoms with van der Waals surface area (Å²) in [5.74, 6) is 0.660. The number of hydrogen-bond acceptors (Lipinski definition) is 8. The number of benzene rings is 1. The Morgan fingerprint density at radius 3 is 2.71 bits per heavy atom. The molecule has 0 radical (unpaired) electrons. The maximum Gasteiger partial charge on any atom is 0.271 e. The molecule has 1 aliphatic rings. The van der Waals surface area contributed by atoms with Gasteiger partial charge in [0.25, 0.3) is 11.2 Å². The van der Waals surface area contributed by atoms with Gasteiger partial charge in [0, 0.05) is 29.5 Å². The van der Waals surface area contributed by atoms with E-state index in [2.05, 4.69) is 4.98 Å². The Morgan fingerprint density at radius 2 is 2.00 bits per heavy atom. The predicted molar refractivity (Wildman–Crippen MR) is 132 cm³/mol. The predicted octanol–water partition coefficient (Wildman–Crippen LogP) is 5.07. The minimum absolute atomic E-state index is 0.00861. The van der Waals surface area contributed by atoms with Gasteiger partial charge in [0.1, 0.15) is 15.2 Å². The zero-order chi connectivity index (χ0) is 24.3. The maximum atomic E-state index is 13.4. The smallest absolute Gasteiger partial charge is 0.271 e. The van der Waals surface area contributed by atoms with Gasteiger partial charge in [-0.1, -0.05) is 12.1 Å². The normalized spacial score (nSPS) is 14.9. The van der Waals surface area contributed by atoms with Crippen molar-refractivity contribution in [2.75, 3.05) is 0 Å². The zero-order valence-electron chi connectivity index (χ0n) is 19.0.